The Balaban J connectivity index is 0.814. The molecule has 12 nitrogen and oxygen atoms in total. The summed E-state index contributed by atoms with van der Waals surface area (Å²) in [5, 5.41) is 2.89. The second kappa shape index (κ2) is 22.9. The van der Waals surface area contributed by atoms with Crippen molar-refractivity contribution in [2.24, 2.45) is 11.8 Å². The Kier molecular flexibility index (Phi) is 15.0. The molecule has 404 valence electrons. The lowest BCUT2D eigenvalue weighted by Crippen LogP contribution is -2.44. The lowest BCUT2D eigenvalue weighted by Gasteiger charge is -2.37. The van der Waals surface area contributed by atoms with Crippen molar-refractivity contribution >= 4 is 52.3 Å². The van der Waals surface area contributed by atoms with Gasteiger partial charge in [0.05, 0.1) is 43.3 Å². The van der Waals surface area contributed by atoms with Gasteiger partial charge in [-0.05, 0) is 107 Å². The number of esters is 1. The number of fused-ring (bicyclic) bond motifs is 5. The van der Waals surface area contributed by atoms with Crippen molar-refractivity contribution in [3.8, 4) is 33.9 Å². The highest BCUT2D eigenvalue weighted by molar-refractivity contribution is 8.26. The fraction of sp³-hybridized carbons (Fsp3) is 0.258. The summed E-state index contributed by atoms with van der Waals surface area (Å²) in [6.07, 6.45) is 10.1. The normalized spacial score (nSPS) is 18.3. The molecule has 12 rings (SSSR count). The molecule has 2 saturated carbocycles. The fourth-order valence-electron chi connectivity index (χ4n) is 12.7. The van der Waals surface area contributed by atoms with E-state index < -0.39 is 23.6 Å². The molecule has 6 aromatic carbocycles. The number of carbonyl (C=O) groups is 3. The van der Waals surface area contributed by atoms with E-state index in [4.69, 9.17) is 40.6 Å². The smallest absolute Gasteiger partial charge is 0.407 e. The molecule has 0 unspecified atom stereocenters. The van der Waals surface area contributed by atoms with Crippen LogP contribution < -0.4 is 14.8 Å². The highest BCUT2D eigenvalue weighted by Gasteiger charge is 2.48. The van der Waals surface area contributed by atoms with Gasteiger partial charge in [0.1, 0.15) is 45.5 Å². The van der Waals surface area contributed by atoms with Crippen LogP contribution in [0.3, 0.4) is 0 Å². The number of hydrogen-bond acceptors (Lipinski definition) is 11. The number of nitrogens with one attached hydrogen (secondary N) is 1. The van der Waals surface area contributed by atoms with Gasteiger partial charge >= 0.3 is 12.1 Å². The number of aromatic nitrogens is 2. The molecule has 80 heavy (non-hydrogen) atoms. The molecule has 4 atom stereocenters. The zero-order valence-corrected chi connectivity index (χ0v) is 46.1. The Hall–Kier alpha value is -8.20. The number of aryl methyl sites for hydroxylation is 1. The Morgan fingerprint density at radius 2 is 1.44 bits per heavy atom. The first kappa shape index (κ1) is 52.5. The Bertz CT molecular complexity index is 3480. The number of benzene rings is 6. The topological polar surface area (TPSA) is 134 Å². The van der Waals surface area contributed by atoms with Crippen molar-refractivity contribution in [1.82, 2.24) is 19.8 Å². The van der Waals surface area contributed by atoms with Gasteiger partial charge in [-0.2, -0.15) is 0 Å². The number of alkyl carbamates (subject to hydrolysis) is 1. The van der Waals surface area contributed by atoms with Crippen LogP contribution in [0.25, 0.3) is 28.5 Å². The second-order valence-corrected chi connectivity index (χ2v) is 22.6. The summed E-state index contributed by atoms with van der Waals surface area (Å²) in [7, 11) is 3.19. The summed E-state index contributed by atoms with van der Waals surface area (Å²) in [5.74, 6) is 2.42. The maximum atomic E-state index is 14.6. The highest BCUT2D eigenvalue weighted by Crippen LogP contribution is 2.50. The number of hydrogen-bond donors (Lipinski definition) is 1. The molecule has 1 saturated heterocycles. The molecule has 0 spiro atoms. The van der Waals surface area contributed by atoms with Gasteiger partial charge in [0.15, 0.2) is 0 Å². The zero-order valence-electron chi connectivity index (χ0n) is 44.5. The molecular weight excluding hydrogens is 1040 g/mol. The van der Waals surface area contributed by atoms with E-state index in [1.807, 2.05) is 108 Å². The first-order valence-electron chi connectivity index (χ1n) is 27.3. The third-order valence-electron chi connectivity index (χ3n) is 16.4. The summed E-state index contributed by atoms with van der Waals surface area (Å²) in [5.41, 5.74) is 8.59. The van der Waals surface area contributed by atoms with Crippen LogP contribution in [0.4, 0.5) is 4.79 Å². The minimum atomic E-state index is -1.18. The number of thiocarbonyl (C=S) groups is 1. The predicted octanol–water partition coefficient (Wildman–Crippen LogP) is 13.0. The minimum absolute atomic E-state index is 0.00379. The largest absolute Gasteiger partial charge is 0.497 e. The van der Waals surface area contributed by atoms with Crippen LogP contribution in [0, 0.1) is 11.8 Å². The van der Waals surface area contributed by atoms with Crippen LogP contribution in [0.5, 0.6) is 11.5 Å². The summed E-state index contributed by atoms with van der Waals surface area (Å²) in [6, 6.07) is 53.5. The predicted molar refractivity (Wildman–Crippen MR) is 313 cm³/mol. The van der Waals surface area contributed by atoms with E-state index >= 15 is 0 Å². The number of rotatable bonds is 19. The van der Waals surface area contributed by atoms with Crippen LogP contribution in [-0.4, -0.2) is 76.3 Å². The van der Waals surface area contributed by atoms with Crippen molar-refractivity contribution in [3.63, 3.8) is 0 Å². The lowest BCUT2D eigenvalue weighted by molar-refractivity contribution is -0.146. The molecule has 8 aromatic rings. The van der Waals surface area contributed by atoms with Gasteiger partial charge in [-0.25, -0.2) is 14.6 Å². The van der Waals surface area contributed by atoms with E-state index in [-0.39, 0.29) is 37.5 Å². The average molecular weight is 1100 g/mol. The van der Waals surface area contributed by atoms with Crippen LogP contribution in [0.2, 0.25) is 0 Å². The summed E-state index contributed by atoms with van der Waals surface area (Å²) in [4.78, 5) is 50.1. The monoisotopic (exact) mass is 1100 g/mol. The number of amides is 2. The average Bonchev–Trinajstić information content (AvgIpc) is 4.47. The van der Waals surface area contributed by atoms with E-state index in [0.717, 1.165) is 63.8 Å². The van der Waals surface area contributed by atoms with Crippen molar-refractivity contribution in [3.05, 3.63) is 226 Å². The number of carbonyl (C=O) groups excluding carboxylic acids is 3. The molecule has 2 amide bonds. The molecule has 1 aliphatic heterocycles. The first-order valence-corrected chi connectivity index (χ1v) is 28.5. The van der Waals surface area contributed by atoms with Crippen molar-refractivity contribution in [2.75, 3.05) is 27.4 Å². The van der Waals surface area contributed by atoms with Gasteiger partial charge in [-0.3, -0.25) is 9.69 Å². The maximum absolute atomic E-state index is 14.6. The van der Waals surface area contributed by atoms with Gasteiger partial charge in [-0.1, -0.05) is 170 Å². The number of furan rings is 1. The Morgan fingerprint density at radius 3 is 2.05 bits per heavy atom. The third kappa shape index (κ3) is 10.1. The number of thioether (sulfide) groups is 1. The van der Waals surface area contributed by atoms with E-state index in [2.05, 4.69) is 70.5 Å². The van der Waals surface area contributed by atoms with Gasteiger partial charge in [0.2, 0.25) is 0 Å². The highest BCUT2D eigenvalue weighted by atomic mass is 32.2. The molecule has 14 heteroatoms. The van der Waals surface area contributed by atoms with Crippen LogP contribution in [-0.2, 0) is 37.4 Å². The fourth-order valence-corrected chi connectivity index (χ4v) is 14.0. The second-order valence-electron chi connectivity index (χ2n) is 20.9. The summed E-state index contributed by atoms with van der Waals surface area (Å²) in [6.45, 7) is 0.0699. The number of ether oxygens (including phenoxy) is 4. The molecular formula is C66H60N4O8S2. The van der Waals surface area contributed by atoms with Gasteiger partial charge in [0, 0.05) is 36.7 Å². The van der Waals surface area contributed by atoms with Crippen molar-refractivity contribution in [1.29, 1.82) is 0 Å². The van der Waals surface area contributed by atoms with E-state index in [9.17, 15) is 14.4 Å². The van der Waals surface area contributed by atoms with E-state index in [1.54, 1.807) is 32.7 Å². The van der Waals surface area contributed by atoms with E-state index in [1.165, 1.54) is 18.2 Å². The molecule has 2 bridgehead atoms. The molecule has 0 radical (unpaired) electrons. The zero-order chi connectivity index (χ0) is 54.7. The molecule has 1 N–H and O–H groups in total. The minimum Gasteiger partial charge on any atom is -0.497 e. The number of methoxy groups -OCH3 is 2. The molecule has 4 aliphatic rings. The standard InChI is InChI=1S/C66H60N4O8S2/c1-74-49-30-31-54(59(37-49)75-2)60-35-44(58(78-60)38-61-62(71)70(65(79)80-61)57-34-42-28-29-43(57)33-42)17-16-32-76-63(72)56(68-64(73)77-40-55-52-26-14-12-24-50(52)51-25-13-15-27-53(51)55)36-48-39-69(41-67-48)66(45-18-6-3-7-19-45,46-20-8-4-9-21-46)47-22-10-5-11-23-47/h3-15,18-27,30-31,35,37-39,41-43,55-57H,16-17,28-29,32-34,36,40H2,1-2H3,(H,68,73)/b61-38-/t42-,43-,56-,57-/m0/s1. The number of nitrogens with zero attached hydrogens (tertiary/aromatic N) is 3. The molecule has 3 heterocycles. The van der Waals surface area contributed by atoms with Crippen LogP contribution >= 0.6 is 24.0 Å². The Labute approximate surface area is 475 Å². The first-order chi connectivity index (χ1) is 39.2. The molecule has 3 fully saturated rings. The van der Waals surface area contributed by atoms with E-state index in [0.29, 0.717) is 68.2 Å². The van der Waals surface area contributed by atoms with Crippen molar-refractivity contribution < 1.29 is 37.7 Å². The Morgan fingerprint density at radius 1 is 0.787 bits per heavy atom. The molecule has 3 aliphatic carbocycles. The van der Waals surface area contributed by atoms with Crippen LogP contribution in [0.1, 0.15) is 82.9 Å². The lowest BCUT2D eigenvalue weighted by atomic mass is 9.77. The summed E-state index contributed by atoms with van der Waals surface area (Å²) >= 11 is 7.17. The van der Waals surface area contributed by atoms with Crippen molar-refractivity contribution in [2.45, 2.75) is 68.5 Å². The third-order valence-corrected chi connectivity index (χ3v) is 17.7. The number of imidazole rings is 1. The van der Waals surface area contributed by atoms with Gasteiger partial charge < -0.3 is 33.2 Å². The molecule has 2 aromatic heterocycles. The van der Waals surface area contributed by atoms with Gasteiger partial charge in [0.25, 0.3) is 5.91 Å². The van der Waals surface area contributed by atoms with Gasteiger partial charge in [-0.15, -0.1) is 0 Å². The summed E-state index contributed by atoms with van der Waals surface area (Å²) < 4.78 is 32.6. The SMILES string of the molecule is COc1ccc(-c2cc(CCCOC(=O)[C@H](Cc3cn(C(c4ccccc4)(c4ccccc4)c4ccccc4)cn3)NC(=O)OCC3c4ccccc4-c4ccccc43)c(/C=C3\SC(=S)N([C@H]4C[C@H]5CC[C@H]4C5)C3=O)o2)c(OC)c1. The van der Waals surface area contributed by atoms with Crippen LogP contribution in [0.15, 0.2) is 186 Å². The quantitative estimate of drug-likeness (QED) is 0.0273. The maximum Gasteiger partial charge on any atom is 0.407 e.